The van der Waals surface area contributed by atoms with Crippen molar-refractivity contribution in [2.75, 3.05) is 0 Å². The predicted molar refractivity (Wildman–Crippen MR) is 39.3 cm³/mol. The fraction of sp³-hybridized carbons (Fsp3) is 0. The van der Waals surface area contributed by atoms with Gasteiger partial charge in [0.1, 0.15) is 0 Å². The van der Waals surface area contributed by atoms with Gasteiger partial charge in [-0.25, -0.2) is 14.6 Å². The molecule has 0 spiro atoms. The van der Waals surface area contributed by atoms with E-state index in [-0.39, 0.29) is 58.4 Å². The Morgan fingerprint density at radius 1 is 1.31 bits per heavy atom. The van der Waals surface area contributed by atoms with E-state index in [0.29, 0.717) is 0 Å². The summed E-state index contributed by atoms with van der Waals surface area (Å²) in [6, 6.07) is 2.56. The van der Waals surface area contributed by atoms with Crippen molar-refractivity contribution in [2.45, 2.75) is 0 Å². The minimum absolute atomic E-state index is 0. The minimum Gasteiger partial charge on any atom is -1.00 e. The number of nitrogens with zero attached hydrogens (tertiary/aromatic N) is 1. The topological polar surface area (TPSA) is 87.5 Å². The van der Waals surface area contributed by atoms with Crippen LogP contribution < -0.4 is 51.4 Å². The number of carbonyl (C=O) groups is 2. The Bertz CT molecular complexity index is 311. The van der Waals surface area contributed by atoms with Crippen LogP contribution in [0.25, 0.3) is 0 Å². The van der Waals surface area contributed by atoms with E-state index in [1.54, 1.807) is 0 Å². The Hall–Kier alpha value is -0.274. The van der Waals surface area contributed by atoms with Crippen LogP contribution >= 0.6 is 0 Å². The van der Waals surface area contributed by atoms with Crippen LogP contribution in [0.3, 0.4) is 0 Å². The Balaban J connectivity index is 0. The van der Waals surface area contributed by atoms with Gasteiger partial charge in [-0.3, -0.25) is 0 Å². The van der Waals surface area contributed by atoms with Gasteiger partial charge in [-0.05, 0) is 12.1 Å². The van der Waals surface area contributed by atoms with Crippen molar-refractivity contribution < 1.29 is 72.6 Å². The van der Waals surface area contributed by atoms with E-state index in [1.807, 2.05) is 0 Å². The Morgan fingerprint density at radius 2 is 1.92 bits per heavy atom. The molecule has 0 saturated carbocycles. The van der Waals surface area contributed by atoms with E-state index in [0.717, 1.165) is 0 Å². The molecular weight excluding hydrogens is 201 g/mol. The molecule has 0 radical (unpaired) electrons. The van der Waals surface area contributed by atoms with Crippen LogP contribution in [0.1, 0.15) is 22.3 Å². The van der Waals surface area contributed by atoms with E-state index in [4.69, 9.17) is 10.2 Å². The molecule has 0 aromatic carbocycles. The molecule has 0 aliphatic rings. The number of aromatic carboxylic acids is 2. The van der Waals surface area contributed by atoms with Gasteiger partial charge in [0.05, 0.1) is 5.56 Å². The first-order valence-electron chi connectivity index (χ1n) is 3.04. The second-order valence-corrected chi connectivity index (χ2v) is 2.01. The van der Waals surface area contributed by atoms with Crippen molar-refractivity contribution in [3.05, 3.63) is 29.6 Å². The van der Waals surface area contributed by atoms with Crippen LogP contribution in [0.5, 0.6) is 0 Å². The van der Waals surface area contributed by atoms with E-state index in [1.165, 1.54) is 18.3 Å². The number of hydrogen-bond donors (Lipinski definition) is 2. The van der Waals surface area contributed by atoms with E-state index in [9.17, 15) is 9.59 Å². The first-order valence-corrected chi connectivity index (χ1v) is 3.04. The normalized spacial score (nSPS) is 8.62. The second kappa shape index (κ2) is 5.46. The van der Waals surface area contributed by atoms with Gasteiger partial charge in [0.15, 0.2) is 5.69 Å². The second-order valence-electron chi connectivity index (χ2n) is 2.01. The third kappa shape index (κ3) is 3.16. The Morgan fingerprint density at radius 3 is 2.31 bits per heavy atom. The zero-order valence-electron chi connectivity index (χ0n) is 7.89. The van der Waals surface area contributed by atoms with Crippen molar-refractivity contribution in [3.63, 3.8) is 0 Å². The maximum Gasteiger partial charge on any atom is 1.00 e. The maximum absolute atomic E-state index is 10.4. The fourth-order valence-corrected chi connectivity index (χ4v) is 0.748. The van der Waals surface area contributed by atoms with Gasteiger partial charge in [0.2, 0.25) is 0 Å². The third-order valence-electron chi connectivity index (χ3n) is 1.24. The molecule has 1 aromatic rings. The zero-order chi connectivity index (χ0) is 9.14. The summed E-state index contributed by atoms with van der Waals surface area (Å²) in [7, 11) is 0. The van der Waals surface area contributed by atoms with Crippen LogP contribution in [0.15, 0.2) is 18.3 Å². The number of pyridine rings is 1. The molecule has 0 fully saturated rings. The Labute approximate surface area is 118 Å². The molecule has 0 bridgehead atoms. The molecular formula is C7H6KNO4. The number of carboxylic acid groups (broad SMARTS) is 2. The molecule has 13 heavy (non-hydrogen) atoms. The predicted octanol–water partition coefficient (Wildman–Crippen LogP) is -2.41. The van der Waals surface area contributed by atoms with Crippen LogP contribution in [-0.2, 0) is 0 Å². The smallest absolute Gasteiger partial charge is 1.00 e. The number of rotatable bonds is 2. The molecule has 64 valence electrons. The van der Waals surface area contributed by atoms with Gasteiger partial charge in [-0.15, -0.1) is 0 Å². The van der Waals surface area contributed by atoms with Crippen molar-refractivity contribution in [1.82, 2.24) is 4.98 Å². The zero-order valence-corrected chi connectivity index (χ0v) is 10.0. The summed E-state index contributed by atoms with van der Waals surface area (Å²) in [6.07, 6.45) is 1.23. The maximum atomic E-state index is 10.4. The van der Waals surface area contributed by atoms with E-state index >= 15 is 0 Å². The number of hydrogen-bond acceptors (Lipinski definition) is 3. The Kier molecular flexibility index (Phi) is 5.34. The fourth-order valence-electron chi connectivity index (χ4n) is 0.748. The van der Waals surface area contributed by atoms with Crippen molar-refractivity contribution in [3.8, 4) is 0 Å². The summed E-state index contributed by atoms with van der Waals surface area (Å²) in [5.74, 6) is -2.63. The monoisotopic (exact) mass is 207 g/mol. The van der Waals surface area contributed by atoms with E-state index in [2.05, 4.69) is 4.98 Å². The first-order chi connectivity index (χ1) is 5.63. The molecule has 2 N–H and O–H groups in total. The molecule has 1 heterocycles. The van der Waals surface area contributed by atoms with Crippen molar-refractivity contribution in [1.29, 1.82) is 0 Å². The summed E-state index contributed by atoms with van der Waals surface area (Å²) >= 11 is 0. The van der Waals surface area contributed by atoms with Crippen LogP contribution in [-0.4, -0.2) is 27.1 Å². The summed E-state index contributed by atoms with van der Waals surface area (Å²) in [4.78, 5) is 24.2. The molecule has 0 aliphatic heterocycles. The minimum atomic E-state index is -1.34. The van der Waals surface area contributed by atoms with Crippen LogP contribution in [0.2, 0.25) is 0 Å². The average Bonchev–Trinajstić information content (AvgIpc) is 2.04. The quantitative estimate of drug-likeness (QED) is 0.528. The van der Waals surface area contributed by atoms with E-state index < -0.39 is 17.6 Å². The van der Waals surface area contributed by atoms with Gasteiger partial charge in [0.25, 0.3) is 0 Å². The SMILES string of the molecule is O=C(O)c1cccnc1C(=O)O.[H-].[K+]. The molecule has 6 heteroatoms. The summed E-state index contributed by atoms with van der Waals surface area (Å²) in [5, 5.41) is 17.0. The van der Waals surface area contributed by atoms with Gasteiger partial charge >= 0.3 is 63.3 Å². The largest absolute Gasteiger partial charge is 1.00 e. The van der Waals surface area contributed by atoms with Crippen LogP contribution in [0, 0.1) is 0 Å². The molecule has 1 aromatic heterocycles. The molecule has 0 saturated heterocycles. The van der Waals surface area contributed by atoms with Gasteiger partial charge < -0.3 is 11.6 Å². The third-order valence-corrected chi connectivity index (χ3v) is 1.24. The molecule has 0 unspecified atom stereocenters. The summed E-state index contributed by atoms with van der Waals surface area (Å²) in [5.41, 5.74) is -0.741. The van der Waals surface area contributed by atoms with Gasteiger partial charge in [-0.1, -0.05) is 0 Å². The molecule has 0 aliphatic carbocycles. The summed E-state index contributed by atoms with van der Waals surface area (Å²) in [6.45, 7) is 0. The molecule has 1 rings (SSSR count). The van der Waals surface area contributed by atoms with Gasteiger partial charge in [-0.2, -0.15) is 0 Å². The number of carboxylic acids is 2. The van der Waals surface area contributed by atoms with Crippen LogP contribution in [0.4, 0.5) is 0 Å². The summed E-state index contributed by atoms with van der Waals surface area (Å²) < 4.78 is 0. The molecule has 5 nitrogen and oxygen atoms in total. The first kappa shape index (κ1) is 12.7. The molecule has 0 atom stereocenters. The van der Waals surface area contributed by atoms with Crippen molar-refractivity contribution >= 4 is 11.9 Å². The average molecular weight is 207 g/mol. The van der Waals surface area contributed by atoms with Gasteiger partial charge in [0, 0.05) is 6.20 Å². The van der Waals surface area contributed by atoms with Crippen molar-refractivity contribution in [2.24, 2.45) is 0 Å². The number of aromatic nitrogens is 1. The molecule has 0 amide bonds. The standard InChI is InChI=1S/C7H5NO4.K.H/c9-6(10)4-2-1-3-8-5(4)7(11)12;;/h1-3H,(H,9,10)(H,11,12);;/q;+1;-1.